The molecule has 0 amide bonds. The highest BCUT2D eigenvalue weighted by molar-refractivity contribution is 6.01. The number of benzene rings is 1. The molecule has 0 N–H and O–H groups in total. The third-order valence-corrected chi connectivity index (χ3v) is 9.33. The van der Waals surface area contributed by atoms with Crippen LogP contribution in [0.15, 0.2) is 6.07 Å². The van der Waals surface area contributed by atoms with Crippen molar-refractivity contribution in [3.63, 3.8) is 0 Å². The molecule has 4 atom stereocenters. The van der Waals surface area contributed by atoms with Crippen LogP contribution in [0, 0.1) is 36.0 Å². The van der Waals surface area contributed by atoms with Crippen LogP contribution in [0.2, 0.25) is 0 Å². The Bertz CT molecular complexity index is 978. The summed E-state index contributed by atoms with van der Waals surface area (Å²) in [6.07, 6.45) is 8.54. The lowest BCUT2D eigenvalue weighted by atomic mass is 9.70. The van der Waals surface area contributed by atoms with Gasteiger partial charge in [-0.3, -0.25) is 14.4 Å². The van der Waals surface area contributed by atoms with E-state index in [1.165, 1.54) is 35.6 Å². The molecular weight excluding hydrogens is 468 g/mol. The second kappa shape index (κ2) is 14.0. The molecule has 4 unspecified atom stereocenters. The van der Waals surface area contributed by atoms with Crippen molar-refractivity contribution in [3.05, 3.63) is 33.9 Å². The quantitative estimate of drug-likeness (QED) is 0.228. The fraction of sp³-hybridized carbons (Fsp3) is 0.743. The van der Waals surface area contributed by atoms with E-state index in [9.17, 15) is 14.4 Å². The second-order valence-corrected chi connectivity index (χ2v) is 13.6. The number of Topliss-reactive ketones (excluding diaryl/α,β-unsaturated/α-hetero) is 3. The Kier molecular flexibility index (Phi) is 12.0. The Hall–Kier alpha value is -1.77. The van der Waals surface area contributed by atoms with Gasteiger partial charge in [0.1, 0.15) is 11.6 Å². The lowest BCUT2D eigenvalue weighted by molar-refractivity contribution is -0.129. The Morgan fingerprint density at radius 3 is 2.18 bits per heavy atom. The fourth-order valence-corrected chi connectivity index (χ4v) is 7.24. The normalized spacial score (nSPS) is 18.3. The predicted octanol–water partition coefficient (Wildman–Crippen LogP) is 9.25. The maximum Gasteiger partial charge on any atom is 0.163 e. The van der Waals surface area contributed by atoms with E-state index >= 15 is 0 Å². The van der Waals surface area contributed by atoms with Gasteiger partial charge < -0.3 is 0 Å². The largest absolute Gasteiger partial charge is 0.300 e. The molecule has 0 saturated carbocycles. The molecule has 1 aromatic carbocycles. The Labute approximate surface area is 233 Å². The number of carbonyl (C=O) groups is 3. The molecule has 214 valence electrons. The van der Waals surface area contributed by atoms with Gasteiger partial charge in [0.15, 0.2) is 5.78 Å². The number of fused-ring (bicyclic) bond motifs is 1. The van der Waals surface area contributed by atoms with Crippen LogP contribution in [0.5, 0.6) is 0 Å². The van der Waals surface area contributed by atoms with Crippen LogP contribution in [0.25, 0.3) is 0 Å². The predicted molar refractivity (Wildman–Crippen MR) is 160 cm³/mol. The number of rotatable bonds is 14. The first-order valence-electron chi connectivity index (χ1n) is 15.4. The van der Waals surface area contributed by atoms with Crippen LogP contribution < -0.4 is 0 Å². The summed E-state index contributed by atoms with van der Waals surface area (Å²) in [6, 6.07) is 2.42. The Morgan fingerprint density at radius 2 is 1.68 bits per heavy atom. The first kappa shape index (κ1) is 32.4. The van der Waals surface area contributed by atoms with Crippen LogP contribution in [0.4, 0.5) is 0 Å². The van der Waals surface area contributed by atoms with Crippen LogP contribution >= 0.6 is 0 Å². The summed E-state index contributed by atoms with van der Waals surface area (Å²) in [7, 11) is 0. The molecule has 3 heteroatoms. The van der Waals surface area contributed by atoms with Crippen LogP contribution in [0.3, 0.4) is 0 Å². The summed E-state index contributed by atoms with van der Waals surface area (Å²) in [5.74, 6) is 1.77. The average molecular weight is 525 g/mol. The average Bonchev–Trinajstić information content (AvgIpc) is 2.79. The van der Waals surface area contributed by atoms with Gasteiger partial charge in [-0.2, -0.15) is 0 Å². The summed E-state index contributed by atoms with van der Waals surface area (Å²) in [5, 5.41) is 0. The number of aryl methyl sites for hydroxylation is 1. The fourth-order valence-electron chi connectivity index (χ4n) is 7.24. The first-order valence-corrected chi connectivity index (χ1v) is 15.4. The van der Waals surface area contributed by atoms with E-state index in [4.69, 9.17) is 0 Å². The zero-order chi connectivity index (χ0) is 28.8. The Morgan fingerprint density at radius 1 is 1.03 bits per heavy atom. The van der Waals surface area contributed by atoms with Gasteiger partial charge in [0, 0.05) is 17.9 Å². The van der Waals surface area contributed by atoms with E-state index in [0.717, 1.165) is 50.5 Å². The van der Waals surface area contributed by atoms with Crippen molar-refractivity contribution in [3.8, 4) is 0 Å². The molecule has 0 heterocycles. The molecule has 1 aliphatic rings. The van der Waals surface area contributed by atoms with Crippen molar-refractivity contribution < 1.29 is 14.4 Å². The topological polar surface area (TPSA) is 51.2 Å². The molecule has 0 aliphatic heterocycles. The molecule has 0 fully saturated rings. The minimum absolute atomic E-state index is 0.0404. The maximum atomic E-state index is 13.7. The van der Waals surface area contributed by atoms with Gasteiger partial charge in [-0.05, 0) is 97.3 Å². The lowest BCUT2D eigenvalue weighted by Crippen LogP contribution is -2.30. The van der Waals surface area contributed by atoms with Gasteiger partial charge >= 0.3 is 0 Å². The van der Waals surface area contributed by atoms with E-state index in [1.807, 2.05) is 0 Å². The highest BCUT2D eigenvalue weighted by Gasteiger charge is 2.35. The van der Waals surface area contributed by atoms with Crippen molar-refractivity contribution in [2.75, 3.05) is 0 Å². The molecular formula is C35H56O3. The molecule has 0 aromatic heterocycles. The second-order valence-electron chi connectivity index (χ2n) is 13.6. The van der Waals surface area contributed by atoms with Crippen molar-refractivity contribution in [2.24, 2.45) is 29.1 Å². The lowest BCUT2D eigenvalue weighted by Gasteiger charge is -2.34. The third-order valence-electron chi connectivity index (χ3n) is 9.33. The van der Waals surface area contributed by atoms with E-state index in [0.29, 0.717) is 24.0 Å². The van der Waals surface area contributed by atoms with E-state index in [-0.39, 0.29) is 41.2 Å². The molecule has 0 saturated heterocycles. The minimum Gasteiger partial charge on any atom is -0.300 e. The summed E-state index contributed by atoms with van der Waals surface area (Å²) in [4.78, 5) is 38.4. The summed E-state index contributed by atoms with van der Waals surface area (Å²) < 4.78 is 0. The summed E-state index contributed by atoms with van der Waals surface area (Å²) in [5.41, 5.74) is 6.45. The van der Waals surface area contributed by atoms with Gasteiger partial charge in [0.05, 0.1) is 6.42 Å². The van der Waals surface area contributed by atoms with Crippen molar-refractivity contribution >= 4 is 17.3 Å². The zero-order valence-electron chi connectivity index (χ0n) is 26.3. The van der Waals surface area contributed by atoms with Gasteiger partial charge in [0.25, 0.3) is 0 Å². The van der Waals surface area contributed by atoms with E-state index < -0.39 is 0 Å². The summed E-state index contributed by atoms with van der Waals surface area (Å²) >= 11 is 0. The third kappa shape index (κ3) is 8.12. The molecule has 0 radical (unpaired) electrons. The van der Waals surface area contributed by atoms with Crippen LogP contribution in [0.1, 0.15) is 152 Å². The van der Waals surface area contributed by atoms with Crippen molar-refractivity contribution in [1.29, 1.82) is 0 Å². The van der Waals surface area contributed by atoms with Crippen LogP contribution in [-0.2, 0) is 22.4 Å². The molecule has 1 aromatic rings. The number of ketones is 3. The standard InChI is InChI=1S/C35H56O3/c1-11-14-27(29(13-3)32(37)17-23(6)36)18-25-19-31-30(22(4)5)21-26(24(7)34(31)33(38)20-25)15-16-28(12-2)35(8,9)10/h21-22,25,27-29H,11-20H2,1-10H3. The monoisotopic (exact) mass is 524 g/mol. The summed E-state index contributed by atoms with van der Waals surface area (Å²) in [6.45, 7) is 21.7. The molecule has 3 nitrogen and oxygen atoms in total. The smallest absolute Gasteiger partial charge is 0.163 e. The van der Waals surface area contributed by atoms with Crippen LogP contribution in [-0.4, -0.2) is 17.3 Å². The zero-order valence-corrected chi connectivity index (χ0v) is 26.3. The maximum absolute atomic E-state index is 13.7. The Balaban J connectivity index is 2.37. The van der Waals surface area contributed by atoms with Crippen molar-refractivity contribution in [2.45, 2.75) is 139 Å². The van der Waals surface area contributed by atoms with Gasteiger partial charge in [-0.25, -0.2) is 0 Å². The van der Waals surface area contributed by atoms with E-state index in [2.05, 4.69) is 68.4 Å². The molecule has 2 rings (SSSR count). The van der Waals surface area contributed by atoms with Gasteiger partial charge in [0.2, 0.25) is 0 Å². The molecule has 1 aliphatic carbocycles. The number of hydrogen-bond acceptors (Lipinski definition) is 3. The van der Waals surface area contributed by atoms with E-state index in [1.54, 1.807) is 0 Å². The van der Waals surface area contributed by atoms with Gasteiger partial charge in [-0.1, -0.05) is 80.7 Å². The highest BCUT2D eigenvalue weighted by Crippen LogP contribution is 2.41. The SMILES string of the molecule is CCCC(CC1CC(=O)c2c(C)c(CCC(CC)C(C)(C)C)cc(C(C)C)c2C1)C(CC)C(=O)CC(C)=O. The number of carbonyl (C=O) groups excluding carboxylic acids is 3. The first-order chi connectivity index (χ1) is 17.7. The molecule has 38 heavy (non-hydrogen) atoms. The highest BCUT2D eigenvalue weighted by atomic mass is 16.1. The minimum atomic E-state index is -0.0849. The molecule has 0 spiro atoms. The van der Waals surface area contributed by atoms with Gasteiger partial charge in [-0.15, -0.1) is 0 Å². The van der Waals surface area contributed by atoms with Crippen molar-refractivity contribution in [1.82, 2.24) is 0 Å². The molecule has 0 bridgehead atoms. The number of hydrogen-bond donors (Lipinski definition) is 0.